The Labute approximate surface area is 108 Å². The van der Waals surface area contributed by atoms with E-state index in [1.165, 1.54) is 24.5 Å². The van der Waals surface area contributed by atoms with Crippen LogP contribution in [0, 0.1) is 0 Å². The van der Waals surface area contributed by atoms with Crippen LogP contribution < -0.4 is 14.9 Å². The van der Waals surface area contributed by atoms with E-state index < -0.39 is 5.97 Å². The van der Waals surface area contributed by atoms with Gasteiger partial charge in [-0.25, -0.2) is 9.79 Å². The molecule has 0 aliphatic carbocycles. The van der Waals surface area contributed by atoms with Gasteiger partial charge in [0.25, 0.3) is 5.56 Å². The maximum absolute atomic E-state index is 12.1. The Kier molecular flexibility index (Phi) is 3.63. The smallest absolute Gasteiger partial charge is 0.332 e. The van der Waals surface area contributed by atoms with Gasteiger partial charge in [0.1, 0.15) is 4.53 Å². The lowest BCUT2D eigenvalue weighted by Gasteiger charge is -2.26. The van der Waals surface area contributed by atoms with E-state index in [2.05, 4.69) is 28.5 Å². The SMILES string of the molecule is COC(=O)/C=c1/sc2n(c1=O)CN(C(C)C)CN=2. The number of rotatable bonds is 2. The van der Waals surface area contributed by atoms with Crippen LogP contribution in [0.15, 0.2) is 9.79 Å². The van der Waals surface area contributed by atoms with Gasteiger partial charge in [-0.05, 0) is 13.8 Å². The van der Waals surface area contributed by atoms with Crippen molar-refractivity contribution in [2.24, 2.45) is 4.99 Å². The minimum Gasteiger partial charge on any atom is -0.466 e. The van der Waals surface area contributed by atoms with Crippen LogP contribution in [0.5, 0.6) is 0 Å². The number of nitrogens with zero attached hydrogens (tertiary/aromatic N) is 3. The van der Waals surface area contributed by atoms with Gasteiger partial charge >= 0.3 is 5.97 Å². The van der Waals surface area contributed by atoms with Crippen molar-refractivity contribution in [3.05, 3.63) is 19.7 Å². The average molecular weight is 269 g/mol. The molecule has 0 aromatic carbocycles. The molecule has 6 nitrogen and oxygen atoms in total. The van der Waals surface area contributed by atoms with E-state index in [1.807, 2.05) is 0 Å². The lowest BCUT2D eigenvalue weighted by atomic mass is 10.3. The Morgan fingerprint density at radius 3 is 2.89 bits per heavy atom. The molecule has 0 bridgehead atoms. The molecule has 2 rings (SSSR count). The molecule has 0 atom stereocenters. The standard InChI is InChI=1S/C11H15N3O3S/c1-7(2)13-5-12-11-14(6-13)10(16)8(18-11)4-9(15)17-3/h4,7H,5-6H2,1-3H3/b8-4+. The summed E-state index contributed by atoms with van der Waals surface area (Å²) in [7, 11) is 1.29. The summed E-state index contributed by atoms with van der Waals surface area (Å²) in [6, 6.07) is 0.321. The summed E-state index contributed by atoms with van der Waals surface area (Å²) in [6.45, 7) is 5.20. The highest BCUT2D eigenvalue weighted by molar-refractivity contribution is 7.07. The second-order valence-electron chi connectivity index (χ2n) is 4.27. The van der Waals surface area contributed by atoms with Crippen molar-refractivity contribution in [3.8, 4) is 0 Å². The number of carbonyl (C=O) groups excluding carboxylic acids is 1. The molecule has 0 saturated carbocycles. The van der Waals surface area contributed by atoms with Crippen LogP contribution in [-0.4, -0.2) is 35.3 Å². The molecule has 1 aromatic rings. The molecule has 98 valence electrons. The summed E-state index contributed by atoms with van der Waals surface area (Å²) >= 11 is 1.22. The van der Waals surface area contributed by atoms with E-state index >= 15 is 0 Å². The van der Waals surface area contributed by atoms with E-state index in [1.54, 1.807) is 4.57 Å². The van der Waals surface area contributed by atoms with Crippen LogP contribution in [0.4, 0.5) is 0 Å². The topological polar surface area (TPSA) is 63.9 Å². The number of hydrogen-bond acceptors (Lipinski definition) is 6. The largest absolute Gasteiger partial charge is 0.466 e. The van der Waals surface area contributed by atoms with E-state index in [-0.39, 0.29) is 5.56 Å². The van der Waals surface area contributed by atoms with Crippen molar-refractivity contribution in [3.63, 3.8) is 0 Å². The number of thiazole rings is 1. The Morgan fingerprint density at radius 1 is 1.56 bits per heavy atom. The number of ether oxygens (including phenoxy) is 1. The molecule has 0 radical (unpaired) electrons. The lowest BCUT2D eigenvalue weighted by Crippen LogP contribution is -2.45. The Bertz CT molecular complexity index is 629. The Hall–Kier alpha value is -1.47. The number of aromatic nitrogens is 1. The molecule has 0 spiro atoms. The third kappa shape index (κ3) is 2.37. The average Bonchev–Trinajstić information content (AvgIpc) is 2.66. The molecule has 0 N–H and O–H groups in total. The van der Waals surface area contributed by atoms with Gasteiger partial charge in [0.2, 0.25) is 0 Å². The molecule has 2 heterocycles. The van der Waals surface area contributed by atoms with Gasteiger partial charge in [0, 0.05) is 12.1 Å². The monoisotopic (exact) mass is 269 g/mol. The molecular formula is C11H15N3O3S. The maximum Gasteiger partial charge on any atom is 0.332 e. The van der Waals surface area contributed by atoms with Crippen molar-refractivity contribution < 1.29 is 9.53 Å². The number of carbonyl (C=O) groups is 1. The summed E-state index contributed by atoms with van der Waals surface area (Å²) < 4.78 is 6.48. The van der Waals surface area contributed by atoms with Gasteiger partial charge in [-0.1, -0.05) is 11.3 Å². The summed E-state index contributed by atoms with van der Waals surface area (Å²) in [6.07, 6.45) is 1.22. The van der Waals surface area contributed by atoms with Crippen LogP contribution >= 0.6 is 11.3 Å². The van der Waals surface area contributed by atoms with E-state index in [4.69, 9.17) is 0 Å². The number of hydrogen-bond donors (Lipinski definition) is 0. The van der Waals surface area contributed by atoms with Crippen LogP contribution in [0.3, 0.4) is 0 Å². The molecular weight excluding hydrogens is 254 g/mol. The molecule has 0 saturated heterocycles. The predicted molar refractivity (Wildman–Crippen MR) is 67.7 cm³/mol. The molecule has 1 aliphatic rings. The normalized spacial score (nSPS) is 16.6. The zero-order chi connectivity index (χ0) is 13.3. The summed E-state index contributed by atoms with van der Waals surface area (Å²) in [5, 5.41) is 0. The minimum absolute atomic E-state index is 0.186. The van der Waals surface area contributed by atoms with Crippen LogP contribution in [0.25, 0.3) is 6.08 Å². The van der Waals surface area contributed by atoms with Crippen molar-refractivity contribution >= 4 is 23.4 Å². The number of methoxy groups -OCH3 is 1. The second-order valence-corrected chi connectivity index (χ2v) is 5.28. The second kappa shape index (κ2) is 5.03. The van der Waals surface area contributed by atoms with Crippen LogP contribution in [0.2, 0.25) is 0 Å². The minimum atomic E-state index is -0.521. The summed E-state index contributed by atoms with van der Waals surface area (Å²) in [4.78, 5) is 30.3. The first-order chi connectivity index (χ1) is 8.52. The fourth-order valence-electron chi connectivity index (χ4n) is 1.62. The Balaban J connectivity index is 2.47. The summed E-state index contributed by atoms with van der Waals surface area (Å²) in [5.74, 6) is -0.521. The predicted octanol–water partition coefficient (Wildman–Crippen LogP) is -0.878. The van der Waals surface area contributed by atoms with Crippen molar-refractivity contribution in [1.29, 1.82) is 0 Å². The molecule has 1 aliphatic heterocycles. The van der Waals surface area contributed by atoms with Gasteiger partial charge in [-0.3, -0.25) is 14.3 Å². The van der Waals surface area contributed by atoms with Gasteiger partial charge in [0.15, 0.2) is 4.80 Å². The fraction of sp³-hybridized carbons (Fsp3) is 0.545. The van der Waals surface area contributed by atoms with E-state index in [0.29, 0.717) is 28.7 Å². The maximum atomic E-state index is 12.1. The zero-order valence-corrected chi connectivity index (χ0v) is 11.4. The molecule has 7 heteroatoms. The lowest BCUT2D eigenvalue weighted by molar-refractivity contribution is -0.133. The number of esters is 1. The van der Waals surface area contributed by atoms with Crippen LogP contribution in [-0.2, 0) is 16.2 Å². The van der Waals surface area contributed by atoms with E-state index in [9.17, 15) is 9.59 Å². The van der Waals surface area contributed by atoms with Crippen LogP contribution in [0.1, 0.15) is 13.8 Å². The van der Waals surface area contributed by atoms with Crippen molar-refractivity contribution in [1.82, 2.24) is 9.47 Å². The first-order valence-corrected chi connectivity index (χ1v) is 6.42. The Morgan fingerprint density at radius 2 is 2.28 bits per heavy atom. The van der Waals surface area contributed by atoms with Gasteiger partial charge in [-0.15, -0.1) is 0 Å². The molecule has 0 amide bonds. The third-order valence-corrected chi connectivity index (χ3v) is 3.82. The molecule has 18 heavy (non-hydrogen) atoms. The fourth-order valence-corrected chi connectivity index (χ4v) is 2.54. The summed E-state index contributed by atoms with van der Waals surface area (Å²) in [5.41, 5.74) is -0.186. The zero-order valence-electron chi connectivity index (χ0n) is 10.5. The van der Waals surface area contributed by atoms with Crippen molar-refractivity contribution in [2.75, 3.05) is 13.8 Å². The van der Waals surface area contributed by atoms with E-state index in [0.717, 1.165) is 0 Å². The van der Waals surface area contributed by atoms with Crippen molar-refractivity contribution in [2.45, 2.75) is 26.6 Å². The molecule has 1 aromatic heterocycles. The van der Waals surface area contributed by atoms with Gasteiger partial charge in [-0.2, -0.15) is 0 Å². The third-order valence-electron chi connectivity index (χ3n) is 2.78. The highest BCUT2D eigenvalue weighted by Crippen LogP contribution is 2.01. The van der Waals surface area contributed by atoms with Gasteiger partial charge < -0.3 is 4.74 Å². The highest BCUT2D eigenvalue weighted by Gasteiger charge is 2.17. The first kappa shape index (κ1) is 13.0. The van der Waals surface area contributed by atoms with Gasteiger partial charge in [0.05, 0.1) is 20.4 Å². The highest BCUT2D eigenvalue weighted by atomic mass is 32.1. The molecule has 0 unspecified atom stereocenters. The molecule has 0 fully saturated rings. The quantitative estimate of drug-likeness (QED) is 0.654. The first-order valence-electron chi connectivity index (χ1n) is 5.60. The number of fused-ring (bicyclic) bond motifs is 1.